The normalized spacial score (nSPS) is 14.0. The van der Waals surface area contributed by atoms with Gasteiger partial charge in [-0.2, -0.15) is 0 Å². The maximum absolute atomic E-state index is 4.14. The van der Waals surface area contributed by atoms with E-state index in [-0.39, 0.29) is 0 Å². The second-order valence-corrected chi connectivity index (χ2v) is 16.4. The summed E-state index contributed by atoms with van der Waals surface area (Å²) >= 11 is 0. The van der Waals surface area contributed by atoms with Gasteiger partial charge in [0, 0.05) is 33.5 Å². The van der Waals surface area contributed by atoms with Crippen LogP contribution in [0.15, 0.2) is 189 Å². The third-order valence-corrected chi connectivity index (χ3v) is 13.3. The van der Waals surface area contributed by atoms with Crippen LogP contribution >= 0.6 is 0 Å². The molecule has 2 nitrogen and oxygen atoms in total. The molecule has 2 heteroatoms. The van der Waals surface area contributed by atoms with Crippen molar-refractivity contribution in [1.82, 2.24) is 4.57 Å². The molecule has 0 saturated carbocycles. The van der Waals surface area contributed by atoms with E-state index in [0.717, 1.165) is 46.7 Å². The van der Waals surface area contributed by atoms with Crippen molar-refractivity contribution in [1.29, 1.82) is 0 Å². The van der Waals surface area contributed by atoms with Crippen LogP contribution in [0.2, 0.25) is 0 Å². The minimum absolute atomic E-state index is 0.426. The summed E-state index contributed by atoms with van der Waals surface area (Å²) in [7, 11) is 0. The van der Waals surface area contributed by atoms with Crippen LogP contribution in [0, 0.1) is 0 Å². The summed E-state index contributed by atoms with van der Waals surface area (Å²) in [5.41, 5.74) is 22.1. The zero-order valence-corrected chi connectivity index (χ0v) is 33.6. The molecular formula is C58H42N2. The summed E-state index contributed by atoms with van der Waals surface area (Å²) in [5.74, 6) is 0. The quantitative estimate of drug-likeness (QED) is 0.164. The molecule has 0 unspecified atom stereocenters. The number of para-hydroxylation sites is 1. The van der Waals surface area contributed by atoms with E-state index < -0.39 is 5.41 Å². The van der Waals surface area contributed by atoms with Gasteiger partial charge in [-0.25, -0.2) is 0 Å². The van der Waals surface area contributed by atoms with E-state index in [1.165, 1.54) is 77.4 Å². The molecule has 3 aliphatic rings. The van der Waals surface area contributed by atoms with E-state index >= 15 is 0 Å². The lowest BCUT2D eigenvalue weighted by molar-refractivity contribution is 0.795. The fraction of sp³-hybridized carbons (Fsp3) is 0.0690. The van der Waals surface area contributed by atoms with Crippen LogP contribution in [-0.4, -0.2) is 4.57 Å². The van der Waals surface area contributed by atoms with E-state index in [2.05, 4.69) is 217 Å². The molecule has 0 fully saturated rings. The van der Waals surface area contributed by atoms with Gasteiger partial charge < -0.3 is 9.47 Å². The third-order valence-electron chi connectivity index (χ3n) is 13.3. The number of nitrogens with zero attached hydrogens (tertiary/aromatic N) is 2. The van der Waals surface area contributed by atoms with E-state index in [1.807, 2.05) is 6.08 Å². The van der Waals surface area contributed by atoms with Crippen molar-refractivity contribution in [3.05, 3.63) is 233 Å². The van der Waals surface area contributed by atoms with Crippen LogP contribution in [-0.2, 0) is 11.8 Å². The standard InChI is InChI=1S/C58H42N2/c1-3-16-40-33-43(29-27-38(40)4-2)59(44-30-28-39-17-8-9-18-41(39)34-44)45-31-32-56-50(35-45)51-36-55-49(37-57(51)60(56)42-19-6-5-7-20-42)48-23-12-15-26-54(48)58(55)52-24-13-10-21-46(52)47-22-11-14-25-53(47)58/h3-7,9-16,18-37H,2,8,17H2,1H3/b16-3-. The molecule has 8 aromatic carbocycles. The molecule has 12 rings (SSSR count). The highest BCUT2D eigenvalue weighted by molar-refractivity contribution is 6.13. The van der Waals surface area contributed by atoms with Crippen molar-refractivity contribution in [3.8, 4) is 27.9 Å². The SMILES string of the molecule is C=Cc1ccc(N(c2ccc3c(c2)C=CCC3)c2ccc3c(c2)c2cc4c(cc2n3-c2ccccc2)-c2ccccc2C42c3ccccc3-c3ccccc32)cc1/C=C\C. The smallest absolute Gasteiger partial charge is 0.0725 e. The van der Waals surface area contributed by atoms with Crippen molar-refractivity contribution in [3.63, 3.8) is 0 Å². The second-order valence-electron chi connectivity index (χ2n) is 16.4. The Labute approximate surface area is 351 Å². The first-order chi connectivity index (χ1) is 29.7. The van der Waals surface area contributed by atoms with Gasteiger partial charge in [-0.3, -0.25) is 0 Å². The average Bonchev–Trinajstić information content (AvgIpc) is 3.90. The largest absolute Gasteiger partial charge is 0.310 e. The molecule has 9 aromatic rings. The predicted molar refractivity (Wildman–Crippen MR) is 254 cm³/mol. The summed E-state index contributed by atoms with van der Waals surface area (Å²) in [6, 6.07) is 63.9. The average molecular weight is 767 g/mol. The number of anilines is 3. The number of benzene rings is 8. The van der Waals surface area contributed by atoms with E-state index in [0.29, 0.717) is 0 Å². The molecule has 0 radical (unpaired) electrons. The number of rotatable bonds is 6. The maximum atomic E-state index is 4.14. The van der Waals surface area contributed by atoms with E-state index in [1.54, 1.807) is 0 Å². The first-order valence-corrected chi connectivity index (χ1v) is 21.1. The maximum Gasteiger partial charge on any atom is 0.0725 e. The molecule has 3 aliphatic carbocycles. The molecule has 60 heavy (non-hydrogen) atoms. The van der Waals surface area contributed by atoms with Crippen LogP contribution in [0.4, 0.5) is 17.1 Å². The zero-order valence-electron chi connectivity index (χ0n) is 33.6. The van der Waals surface area contributed by atoms with Crippen molar-refractivity contribution >= 4 is 57.1 Å². The zero-order chi connectivity index (χ0) is 40.0. The first kappa shape index (κ1) is 34.6. The van der Waals surface area contributed by atoms with Crippen molar-refractivity contribution in [2.24, 2.45) is 0 Å². The van der Waals surface area contributed by atoms with Gasteiger partial charge in [-0.15, -0.1) is 0 Å². The molecule has 1 aromatic heterocycles. The molecule has 1 spiro atoms. The van der Waals surface area contributed by atoms with Crippen molar-refractivity contribution in [2.45, 2.75) is 25.2 Å². The Morgan fingerprint density at radius 3 is 1.88 bits per heavy atom. The lowest BCUT2D eigenvalue weighted by atomic mass is 9.70. The molecule has 0 aliphatic heterocycles. The Kier molecular flexibility index (Phi) is 7.68. The molecule has 0 saturated heterocycles. The lowest BCUT2D eigenvalue weighted by Crippen LogP contribution is -2.25. The van der Waals surface area contributed by atoms with Crippen LogP contribution in [0.3, 0.4) is 0 Å². The fourth-order valence-corrected chi connectivity index (χ4v) is 10.8. The number of hydrogen-bond donors (Lipinski definition) is 0. The van der Waals surface area contributed by atoms with Gasteiger partial charge in [0.15, 0.2) is 0 Å². The Balaban J connectivity index is 1.17. The summed E-state index contributed by atoms with van der Waals surface area (Å²) < 4.78 is 2.47. The van der Waals surface area contributed by atoms with E-state index in [4.69, 9.17) is 0 Å². The second kappa shape index (κ2) is 13.3. The fourth-order valence-electron chi connectivity index (χ4n) is 10.8. The molecule has 0 bridgehead atoms. The number of fused-ring (bicyclic) bond motifs is 14. The highest BCUT2D eigenvalue weighted by Gasteiger charge is 2.51. The minimum Gasteiger partial charge on any atom is -0.310 e. The number of aromatic nitrogens is 1. The van der Waals surface area contributed by atoms with Crippen molar-refractivity contribution < 1.29 is 0 Å². The Morgan fingerprint density at radius 1 is 0.550 bits per heavy atom. The van der Waals surface area contributed by atoms with Gasteiger partial charge in [0.25, 0.3) is 0 Å². The highest BCUT2D eigenvalue weighted by atomic mass is 15.1. The van der Waals surface area contributed by atoms with Gasteiger partial charge in [0.2, 0.25) is 0 Å². The monoisotopic (exact) mass is 766 g/mol. The van der Waals surface area contributed by atoms with Crippen molar-refractivity contribution in [2.75, 3.05) is 4.90 Å². The summed E-state index contributed by atoms with van der Waals surface area (Å²) in [5, 5.41) is 2.47. The highest BCUT2D eigenvalue weighted by Crippen LogP contribution is 2.63. The molecule has 1 heterocycles. The lowest BCUT2D eigenvalue weighted by Gasteiger charge is -2.30. The molecule has 0 atom stereocenters. The number of aryl methyl sites for hydroxylation is 1. The Bertz CT molecular complexity index is 3260. The minimum atomic E-state index is -0.426. The van der Waals surface area contributed by atoms with Gasteiger partial charge in [-0.1, -0.05) is 140 Å². The number of allylic oxidation sites excluding steroid dienone is 2. The molecule has 0 N–H and O–H groups in total. The topological polar surface area (TPSA) is 8.17 Å². The molecule has 0 amide bonds. The van der Waals surface area contributed by atoms with Gasteiger partial charge in [0.1, 0.15) is 0 Å². The van der Waals surface area contributed by atoms with E-state index in [9.17, 15) is 0 Å². The van der Waals surface area contributed by atoms with Gasteiger partial charge >= 0.3 is 0 Å². The summed E-state index contributed by atoms with van der Waals surface area (Å²) in [4.78, 5) is 2.43. The first-order valence-electron chi connectivity index (χ1n) is 21.1. The summed E-state index contributed by atoms with van der Waals surface area (Å²) in [6.07, 6.45) is 13.0. The van der Waals surface area contributed by atoms with Crippen LogP contribution in [0.25, 0.3) is 68.0 Å². The van der Waals surface area contributed by atoms with Crippen LogP contribution in [0.5, 0.6) is 0 Å². The summed E-state index contributed by atoms with van der Waals surface area (Å²) in [6.45, 7) is 6.21. The molecular weight excluding hydrogens is 725 g/mol. The number of hydrogen-bond acceptors (Lipinski definition) is 1. The predicted octanol–water partition coefficient (Wildman–Crippen LogP) is 15.2. The van der Waals surface area contributed by atoms with Gasteiger partial charge in [-0.05, 0) is 153 Å². The van der Waals surface area contributed by atoms with Crippen LogP contribution < -0.4 is 4.90 Å². The Hall–Kier alpha value is -7.42. The Morgan fingerprint density at radius 2 is 1.17 bits per heavy atom. The van der Waals surface area contributed by atoms with Gasteiger partial charge in [0.05, 0.1) is 16.4 Å². The molecule has 284 valence electrons. The third kappa shape index (κ3) is 4.82. The van der Waals surface area contributed by atoms with Crippen LogP contribution in [0.1, 0.15) is 57.9 Å².